The predicted octanol–water partition coefficient (Wildman–Crippen LogP) is 3.99. The highest BCUT2D eigenvalue weighted by atomic mass is 16.3. The summed E-state index contributed by atoms with van der Waals surface area (Å²) in [5.41, 5.74) is 6.47. The topological polar surface area (TPSA) is 42.4 Å². The lowest BCUT2D eigenvalue weighted by Gasteiger charge is -2.31. The van der Waals surface area contributed by atoms with Crippen LogP contribution in [0.15, 0.2) is 16.5 Å². The minimum atomic E-state index is 0.240. The first-order chi connectivity index (χ1) is 9.95. The van der Waals surface area contributed by atoms with Gasteiger partial charge in [-0.05, 0) is 55.8 Å². The number of likely N-dealkylation sites (tertiary alicyclic amines) is 1. The molecule has 1 saturated heterocycles. The maximum atomic E-state index is 6.06. The molecule has 2 N–H and O–H groups in total. The molecule has 0 aromatic carbocycles. The first-order valence-corrected chi connectivity index (χ1v) is 8.48. The Morgan fingerprint density at radius 1 is 1.29 bits per heavy atom. The molecule has 3 heteroatoms. The van der Waals surface area contributed by atoms with Gasteiger partial charge in [-0.2, -0.15) is 0 Å². The van der Waals surface area contributed by atoms with Gasteiger partial charge in [0.15, 0.2) is 0 Å². The third-order valence-corrected chi connectivity index (χ3v) is 5.01. The molecule has 1 fully saturated rings. The Kier molecular flexibility index (Phi) is 5.50. The van der Waals surface area contributed by atoms with Crippen LogP contribution < -0.4 is 5.73 Å². The van der Waals surface area contributed by atoms with Gasteiger partial charge in [-0.15, -0.1) is 0 Å². The maximum absolute atomic E-state index is 6.06. The van der Waals surface area contributed by atoms with Gasteiger partial charge < -0.3 is 10.2 Å². The van der Waals surface area contributed by atoms with Crippen LogP contribution in [0.5, 0.6) is 0 Å². The minimum Gasteiger partial charge on any atom is -0.464 e. The second kappa shape index (κ2) is 6.97. The van der Waals surface area contributed by atoms with Crippen molar-refractivity contribution in [1.29, 1.82) is 0 Å². The van der Waals surface area contributed by atoms with Gasteiger partial charge in [-0.25, -0.2) is 0 Å². The molecule has 2 atom stereocenters. The van der Waals surface area contributed by atoms with Crippen LogP contribution >= 0.6 is 0 Å². The molecule has 1 aliphatic rings. The van der Waals surface area contributed by atoms with Gasteiger partial charge in [-0.3, -0.25) is 4.90 Å². The van der Waals surface area contributed by atoms with E-state index >= 15 is 0 Å². The monoisotopic (exact) mass is 292 g/mol. The van der Waals surface area contributed by atoms with E-state index in [-0.39, 0.29) is 6.04 Å². The first kappa shape index (κ1) is 16.6. The average molecular weight is 292 g/mol. The molecule has 2 rings (SSSR count). The third-order valence-electron chi connectivity index (χ3n) is 5.01. The number of furan rings is 1. The fourth-order valence-electron chi connectivity index (χ4n) is 3.51. The van der Waals surface area contributed by atoms with Crippen molar-refractivity contribution in [2.75, 3.05) is 19.6 Å². The Morgan fingerprint density at radius 2 is 2.05 bits per heavy atom. The summed E-state index contributed by atoms with van der Waals surface area (Å²) in [5.74, 6) is 2.91. The molecular weight excluding hydrogens is 260 g/mol. The Balaban J connectivity index is 2.05. The molecule has 3 nitrogen and oxygen atoms in total. The van der Waals surface area contributed by atoms with Crippen molar-refractivity contribution >= 4 is 0 Å². The SMILES string of the molecule is CCc1ccc(C(CN)N2CCCC(C(C)(C)C)CC2)o1. The Hall–Kier alpha value is -0.800. The van der Waals surface area contributed by atoms with Gasteiger partial charge in [0.2, 0.25) is 0 Å². The van der Waals surface area contributed by atoms with Gasteiger partial charge in [0, 0.05) is 13.0 Å². The zero-order chi connectivity index (χ0) is 15.5. The molecule has 0 bridgehead atoms. The highest BCUT2D eigenvalue weighted by Gasteiger charge is 2.30. The minimum absolute atomic E-state index is 0.240. The third kappa shape index (κ3) is 4.10. The zero-order valence-corrected chi connectivity index (χ0v) is 14.2. The quantitative estimate of drug-likeness (QED) is 0.912. The van der Waals surface area contributed by atoms with Crippen LogP contribution in [0.1, 0.15) is 64.5 Å². The lowest BCUT2D eigenvalue weighted by molar-refractivity contribution is 0.169. The van der Waals surface area contributed by atoms with Crippen LogP contribution in [-0.2, 0) is 6.42 Å². The van der Waals surface area contributed by atoms with Crippen molar-refractivity contribution in [3.63, 3.8) is 0 Å². The van der Waals surface area contributed by atoms with E-state index in [2.05, 4.69) is 44.7 Å². The van der Waals surface area contributed by atoms with Crippen molar-refractivity contribution < 1.29 is 4.42 Å². The number of nitrogens with two attached hydrogens (primary N) is 1. The smallest absolute Gasteiger partial charge is 0.122 e. The summed E-state index contributed by atoms with van der Waals surface area (Å²) in [5, 5.41) is 0. The van der Waals surface area contributed by atoms with Gasteiger partial charge in [0.05, 0.1) is 6.04 Å². The second-order valence-electron chi connectivity index (χ2n) is 7.44. The summed E-state index contributed by atoms with van der Waals surface area (Å²) in [4.78, 5) is 2.53. The summed E-state index contributed by atoms with van der Waals surface area (Å²) in [6.07, 6.45) is 4.81. The lowest BCUT2D eigenvalue weighted by Crippen LogP contribution is -2.34. The summed E-state index contributed by atoms with van der Waals surface area (Å²) in [7, 11) is 0. The molecule has 21 heavy (non-hydrogen) atoms. The van der Waals surface area contributed by atoms with Crippen LogP contribution in [0, 0.1) is 11.3 Å². The first-order valence-electron chi connectivity index (χ1n) is 8.48. The Morgan fingerprint density at radius 3 is 2.62 bits per heavy atom. The van der Waals surface area contributed by atoms with E-state index in [0.717, 1.165) is 36.9 Å². The summed E-state index contributed by atoms with van der Waals surface area (Å²) < 4.78 is 5.95. The van der Waals surface area contributed by atoms with Crippen molar-refractivity contribution in [1.82, 2.24) is 4.90 Å². The molecule has 1 aromatic rings. The van der Waals surface area contributed by atoms with E-state index in [0.29, 0.717) is 12.0 Å². The van der Waals surface area contributed by atoms with Gasteiger partial charge >= 0.3 is 0 Å². The largest absolute Gasteiger partial charge is 0.464 e. The molecule has 1 aromatic heterocycles. The predicted molar refractivity (Wildman–Crippen MR) is 88.3 cm³/mol. The molecule has 2 unspecified atom stereocenters. The van der Waals surface area contributed by atoms with Crippen LogP contribution in [0.2, 0.25) is 0 Å². The van der Waals surface area contributed by atoms with Crippen LogP contribution in [0.3, 0.4) is 0 Å². The van der Waals surface area contributed by atoms with Gasteiger partial charge in [0.25, 0.3) is 0 Å². The summed E-state index contributed by atoms with van der Waals surface area (Å²) >= 11 is 0. The van der Waals surface area contributed by atoms with Crippen LogP contribution in [0.25, 0.3) is 0 Å². The Labute approximate surface area is 129 Å². The van der Waals surface area contributed by atoms with Crippen molar-refractivity contribution in [3.8, 4) is 0 Å². The lowest BCUT2D eigenvalue weighted by atomic mass is 9.77. The summed E-state index contributed by atoms with van der Waals surface area (Å²) in [6, 6.07) is 4.44. The fraction of sp³-hybridized carbons (Fsp3) is 0.778. The number of hydrogen-bond donors (Lipinski definition) is 1. The van der Waals surface area contributed by atoms with Crippen LogP contribution in [-0.4, -0.2) is 24.5 Å². The molecule has 1 aliphatic heterocycles. The fourth-order valence-corrected chi connectivity index (χ4v) is 3.51. The molecule has 0 spiro atoms. The molecule has 0 saturated carbocycles. The van der Waals surface area contributed by atoms with E-state index in [4.69, 9.17) is 10.2 Å². The van der Waals surface area contributed by atoms with Crippen LogP contribution in [0.4, 0.5) is 0 Å². The van der Waals surface area contributed by atoms with E-state index in [1.54, 1.807) is 0 Å². The molecule has 120 valence electrons. The summed E-state index contributed by atoms with van der Waals surface area (Å²) in [6.45, 7) is 12.1. The molecular formula is C18H32N2O. The standard InChI is InChI=1S/C18H32N2O/c1-5-15-8-9-17(21-15)16(13-19)20-11-6-7-14(10-12-20)18(2,3)4/h8-9,14,16H,5-7,10-13,19H2,1-4H3. The molecule has 0 aliphatic carbocycles. The van der Waals surface area contributed by atoms with E-state index < -0.39 is 0 Å². The van der Waals surface area contributed by atoms with E-state index in [9.17, 15) is 0 Å². The van der Waals surface area contributed by atoms with E-state index in [1.807, 2.05) is 0 Å². The molecule has 0 amide bonds. The average Bonchev–Trinajstić information content (AvgIpc) is 2.75. The highest BCUT2D eigenvalue weighted by Crippen LogP contribution is 2.36. The van der Waals surface area contributed by atoms with E-state index in [1.165, 1.54) is 19.3 Å². The van der Waals surface area contributed by atoms with Gasteiger partial charge in [0.1, 0.15) is 11.5 Å². The maximum Gasteiger partial charge on any atom is 0.122 e. The Bertz CT molecular complexity index is 433. The number of nitrogens with zero attached hydrogens (tertiary/aromatic N) is 1. The second-order valence-corrected chi connectivity index (χ2v) is 7.44. The number of hydrogen-bond acceptors (Lipinski definition) is 3. The number of rotatable bonds is 4. The normalized spacial score (nSPS) is 23.0. The number of aryl methyl sites for hydroxylation is 1. The van der Waals surface area contributed by atoms with Crippen molar-refractivity contribution in [2.24, 2.45) is 17.1 Å². The van der Waals surface area contributed by atoms with Crippen molar-refractivity contribution in [2.45, 2.75) is 59.4 Å². The molecule has 2 heterocycles. The highest BCUT2D eigenvalue weighted by molar-refractivity contribution is 5.11. The van der Waals surface area contributed by atoms with Crippen molar-refractivity contribution in [3.05, 3.63) is 23.7 Å². The molecule has 0 radical (unpaired) electrons. The van der Waals surface area contributed by atoms with Gasteiger partial charge in [-0.1, -0.05) is 27.7 Å². The zero-order valence-electron chi connectivity index (χ0n) is 14.2.